The Kier molecular flexibility index (Phi) is 4.86. The summed E-state index contributed by atoms with van der Waals surface area (Å²) in [5.41, 5.74) is 6.43. The van der Waals surface area contributed by atoms with Crippen molar-refractivity contribution < 1.29 is 9.47 Å². The van der Waals surface area contributed by atoms with Gasteiger partial charge in [-0.05, 0) is 25.9 Å². The summed E-state index contributed by atoms with van der Waals surface area (Å²) in [5.74, 6) is -0.326. The molecule has 0 aromatic heterocycles. The minimum atomic E-state index is -0.326. The van der Waals surface area contributed by atoms with Crippen LogP contribution in [0.1, 0.15) is 39.5 Å². The fraction of sp³-hybridized carbons (Fsp3) is 1.00. The molecule has 0 radical (unpaired) electrons. The van der Waals surface area contributed by atoms with Gasteiger partial charge in [0.2, 0.25) is 0 Å². The van der Waals surface area contributed by atoms with E-state index in [1.165, 1.54) is 6.42 Å². The Morgan fingerprint density at radius 2 is 1.90 bits per heavy atom. The van der Waals surface area contributed by atoms with Gasteiger partial charge >= 0.3 is 0 Å². The number of likely N-dealkylation sites (N-methyl/N-ethyl adjacent to an activating group) is 1. The van der Waals surface area contributed by atoms with E-state index in [9.17, 15) is 0 Å². The molecule has 2 N–H and O–H groups in total. The zero-order valence-electron chi connectivity index (χ0n) is 13.6. The van der Waals surface area contributed by atoms with Crippen LogP contribution in [-0.2, 0) is 9.47 Å². The molecule has 1 aliphatic carbocycles. The highest BCUT2D eigenvalue weighted by Crippen LogP contribution is 2.38. The van der Waals surface area contributed by atoms with Crippen molar-refractivity contribution in [3.8, 4) is 0 Å². The maximum absolute atomic E-state index is 6.43. The maximum atomic E-state index is 6.43. The average molecular weight is 297 g/mol. The number of ether oxygens (including phenoxy) is 2. The summed E-state index contributed by atoms with van der Waals surface area (Å²) >= 11 is 0. The first-order valence-corrected chi connectivity index (χ1v) is 8.69. The van der Waals surface area contributed by atoms with E-state index >= 15 is 0 Å². The third-order valence-corrected chi connectivity index (χ3v) is 5.68. The van der Waals surface area contributed by atoms with Crippen LogP contribution >= 0.6 is 0 Å². The minimum Gasteiger partial charge on any atom is -0.347 e. The van der Waals surface area contributed by atoms with Gasteiger partial charge in [-0.15, -0.1) is 0 Å². The van der Waals surface area contributed by atoms with Crippen LogP contribution < -0.4 is 5.73 Å². The summed E-state index contributed by atoms with van der Waals surface area (Å²) in [6.45, 7) is 10.6. The number of hydrogen-bond acceptors (Lipinski definition) is 5. The van der Waals surface area contributed by atoms with Crippen molar-refractivity contribution in [1.29, 1.82) is 0 Å². The lowest BCUT2D eigenvalue weighted by Crippen LogP contribution is -2.56. The summed E-state index contributed by atoms with van der Waals surface area (Å²) in [5, 5.41) is 0. The Balaban J connectivity index is 1.63. The molecule has 122 valence electrons. The molecule has 3 aliphatic rings. The van der Waals surface area contributed by atoms with E-state index in [1.54, 1.807) is 0 Å². The normalized spacial score (nSPS) is 36.9. The summed E-state index contributed by atoms with van der Waals surface area (Å²) in [6.07, 6.45) is 4.17. The minimum absolute atomic E-state index is 0.263. The molecule has 3 fully saturated rings. The molecule has 5 nitrogen and oxygen atoms in total. The van der Waals surface area contributed by atoms with Crippen LogP contribution in [0.5, 0.6) is 0 Å². The van der Waals surface area contributed by atoms with E-state index in [2.05, 4.69) is 23.6 Å². The molecule has 21 heavy (non-hydrogen) atoms. The maximum Gasteiger partial charge on any atom is 0.170 e. The molecule has 2 heterocycles. The van der Waals surface area contributed by atoms with E-state index in [4.69, 9.17) is 15.2 Å². The van der Waals surface area contributed by atoms with Crippen LogP contribution in [-0.4, -0.2) is 73.1 Å². The van der Waals surface area contributed by atoms with Gasteiger partial charge < -0.3 is 15.2 Å². The van der Waals surface area contributed by atoms with Crippen molar-refractivity contribution in [3.05, 3.63) is 0 Å². The standard InChI is InChI=1S/C16H31N3O2/c1-3-18(4-2)13-6-8-19(12-13)15-11-16(7-5-14(15)17)20-9-10-21-16/h13-15H,3-12,17H2,1-2H3. The lowest BCUT2D eigenvalue weighted by Gasteiger charge is -2.43. The van der Waals surface area contributed by atoms with E-state index in [0.717, 1.165) is 58.7 Å². The second-order valence-corrected chi connectivity index (χ2v) is 6.74. The molecule has 0 bridgehead atoms. The van der Waals surface area contributed by atoms with Gasteiger partial charge in [-0.1, -0.05) is 13.8 Å². The quantitative estimate of drug-likeness (QED) is 0.840. The van der Waals surface area contributed by atoms with Crippen LogP contribution in [0.25, 0.3) is 0 Å². The van der Waals surface area contributed by atoms with Gasteiger partial charge in [0.1, 0.15) is 0 Å². The molecule has 3 unspecified atom stereocenters. The molecule has 2 saturated heterocycles. The SMILES string of the molecule is CCN(CC)C1CCN(C2CC3(CCC2N)OCCO3)C1. The fourth-order valence-electron chi connectivity index (χ4n) is 4.42. The predicted octanol–water partition coefficient (Wildman–Crippen LogP) is 1.03. The zero-order valence-corrected chi connectivity index (χ0v) is 13.6. The first kappa shape index (κ1) is 15.7. The Hall–Kier alpha value is -0.200. The number of nitrogens with two attached hydrogens (primary N) is 1. The summed E-state index contributed by atoms with van der Waals surface area (Å²) in [7, 11) is 0. The van der Waals surface area contributed by atoms with E-state index < -0.39 is 0 Å². The molecule has 0 aromatic carbocycles. The van der Waals surface area contributed by atoms with E-state index in [-0.39, 0.29) is 11.8 Å². The highest BCUT2D eigenvalue weighted by atomic mass is 16.7. The van der Waals surface area contributed by atoms with Gasteiger partial charge in [0, 0.05) is 44.1 Å². The number of rotatable bonds is 4. The molecule has 1 saturated carbocycles. The number of likely N-dealkylation sites (tertiary alicyclic amines) is 1. The Morgan fingerprint density at radius 1 is 1.19 bits per heavy atom. The van der Waals surface area contributed by atoms with Crippen LogP contribution in [0.4, 0.5) is 0 Å². The first-order valence-electron chi connectivity index (χ1n) is 8.69. The zero-order chi connectivity index (χ0) is 14.9. The van der Waals surface area contributed by atoms with E-state index in [1.807, 2.05) is 0 Å². The van der Waals surface area contributed by atoms with Crippen molar-refractivity contribution in [2.45, 2.75) is 63.4 Å². The topological polar surface area (TPSA) is 51.0 Å². The third kappa shape index (κ3) is 3.13. The molecule has 1 spiro atoms. The summed E-state index contributed by atoms with van der Waals surface area (Å²) < 4.78 is 11.8. The van der Waals surface area contributed by atoms with Crippen molar-refractivity contribution >= 4 is 0 Å². The average Bonchev–Trinajstić information content (AvgIpc) is 3.14. The summed E-state index contributed by atoms with van der Waals surface area (Å²) in [4.78, 5) is 5.17. The first-order chi connectivity index (χ1) is 10.2. The molecule has 0 aromatic rings. The van der Waals surface area contributed by atoms with E-state index in [0.29, 0.717) is 12.1 Å². The highest BCUT2D eigenvalue weighted by molar-refractivity contribution is 4.98. The second-order valence-electron chi connectivity index (χ2n) is 6.74. The Labute approximate surface area is 128 Å². The monoisotopic (exact) mass is 297 g/mol. The van der Waals surface area contributed by atoms with Crippen LogP contribution in [0.2, 0.25) is 0 Å². The van der Waals surface area contributed by atoms with Gasteiger partial charge in [0.25, 0.3) is 0 Å². The molecular weight excluding hydrogens is 266 g/mol. The third-order valence-electron chi connectivity index (χ3n) is 5.68. The van der Waals surface area contributed by atoms with Crippen molar-refractivity contribution in [2.24, 2.45) is 5.73 Å². The number of hydrogen-bond donors (Lipinski definition) is 1. The Morgan fingerprint density at radius 3 is 2.57 bits per heavy atom. The lowest BCUT2D eigenvalue weighted by atomic mass is 9.85. The number of nitrogens with zero attached hydrogens (tertiary/aromatic N) is 2. The molecular formula is C16H31N3O2. The molecule has 5 heteroatoms. The van der Waals surface area contributed by atoms with Crippen molar-refractivity contribution in [3.63, 3.8) is 0 Å². The van der Waals surface area contributed by atoms with Gasteiger partial charge in [0.05, 0.1) is 13.2 Å². The molecule has 2 aliphatic heterocycles. The van der Waals surface area contributed by atoms with Crippen LogP contribution in [0, 0.1) is 0 Å². The van der Waals surface area contributed by atoms with Gasteiger partial charge in [-0.2, -0.15) is 0 Å². The van der Waals surface area contributed by atoms with Crippen molar-refractivity contribution in [2.75, 3.05) is 39.4 Å². The van der Waals surface area contributed by atoms with Crippen molar-refractivity contribution in [1.82, 2.24) is 9.80 Å². The van der Waals surface area contributed by atoms with Gasteiger partial charge in [-0.3, -0.25) is 9.80 Å². The highest BCUT2D eigenvalue weighted by Gasteiger charge is 2.47. The summed E-state index contributed by atoms with van der Waals surface area (Å²) in [6, 6.07) is 1.37. The van der Waals surface area contributed by atoms with Gasteiger partial charge in [0.15, 0.2) is 5.79 Å². The van der Waals surface area contributed by atoms with Crippen LogP contribution in [0.3, 0.4) is 0 Å². The molecule has 3 rings (SSSR count). The second kappa shape index (κ2) is 6.50. The largest absolute Gasteiger partial charge is 0.347 e. The molecule has 0 amide bonds. The van der Waals surface area contributed by atoms with Crippen LogP contribution in [0.15, 0.2) is 0 Å². The Bertz CT molecular complexity index is 342. The molecule has 3 atom stereocenters. The predicted molar refractivity (Wildman–Crippen MR) is 83.1 cm³/mol. The lowest BCUT2D eigenvalue weighted by molar-refractivity contribution is -0.191. The van der Waals surface area contributed by atoms with Gasteiger partial charge in [-0.25, -0.2) is 0 Å². The smallest absolute Gasteiger partial charge is 0.170 e. The fourth-order valence-corrected chi connectivity index (χ4v) is 4.42.